The quantitative estimate of drug-likeness (QED) is 0.607. The Labute approximate surface area is 154 Å². The molecule has 0 N–H and O–H groups in total. The van der Waals surface area contributed by atoms with E-state index in [1.54, 1.807) is 6.20 Å². The Morgan fingerprint density at radius 2 is 2.00 bits per heavy atom. The molecule has 0 amide bonds. The number of aromatic nitrogens is 1. The van der Waals surface area contributed by atoms with Gasteiger partial charge in [0.15, 0.2) is 0 Å². The first kappa shape index (κ1) is 17.1. The summed E-state index contributed by atoms with van der Waals surface area (Å²) in [5.74, 6) is 0.0781. The summed E-state index contributed by atoms with van der Waals surface area (Å²) in [4.78, 5) is 21.1. The Kier molecular flexibility index (Phi) is 4.87. The van der Waals surface area contributed by atoms with E-state index in [9.17, 15) is 4.79 Å². The molecule has 136 valence electrons. The van der Waals surface area contributed by atoms with Crippen LogP contribution in [0.25, 0.3) is 0 Å². The normalized spacial score (nSPS) is 26.4. The molecule has 0 radical (unpaired) electrons. The Hall–Kier alpha value is -1.33. The van der Waals surface area contributed by atoms with Crippen LogP contribution in [-0.2, 0) is 9.53 Å². The van der Waals surface area contributed by atoms with Gasteiger partial charge >= 0.3 is 5.97 Å². The average molecular weight is 364 g/mol. The summed E-state index contributed by atoms with van der Waals surface area (Å²) in [6, 6.07) is 3.94. The van der Waals surface area contributed by atoms with E-state index in [-0.39, 0.29) is 17.5 Å². The van der Waals surface area contributed by atoms with E-state index in [4.69, 9.17) is 16.3 Å². The maximum Gasteiger partial charge on any atom is 0.312 e. The predicted octanol–water partition coefficient (Wildman–Crippen LogP) is 3.12. The summed E-state index contributed by atoms with van der Waals surface area (Å²) in [7, 11) is 0. The summed E-state index contributed by atoms with van der Waals surface area (Å²) in [6.07, 6.45) is 8.24. The lowest BCUT2D eigenvalue weighted by Gasteiger charge is -2.36. The second-order valence-corrected chi connectivity index (χ2v) is 8.06. The van der Waals surface area contributed by atoms with Gasteiger partial charge in [0.1, 0.15) is 11.3 Å². The molecule has 0 aromatic carbocycles. The van der Waals surface area contributed by atoms with Crippen LogP contribution in [0, 0.1) is 5.41 Å². The van der Waals surface area contributed by atoms with Crippen molar-refractivity contribution in [3.8, 4) is 0 Å². The highest BCUT2D eigenvalue weighted by molar-refractivity contribution is 6.29. The number of pyridine rings is 1. The van der Waals surface area contributed by atoms with Gasteiger partial charge in [-0.1, -0.05) is 24.4 Å². The van der Waals surface area contributed by atoms with Crippen molar-refractivity contribution in [2.24, 2.45) is 5.41 Å². The molecule has 1 aliphatic carbocycles. The van der Waals surface area contributed by atoms with Gasteiger partial charge in [-0.25, -0.2) is 4.98 Å². The van der Waals surface area contributed by atoms with Gasteiger partial charge in [0.05, 0.1) is 5.41 Å². The van der Waals surface area contributed by atoms with E-state index in [0.29, 0.717) is 5.15 Å². The van der Waals surface area contributed by atoms with E-state index in [0.717, 1.165) is 64.1 Å². The Morgan fingerprint density at radius 1 is 1.24 bits per heavy atom. The van der Waals surface area contributed by atoms with Crippen molar-refractivity contribution in [2.45, 2.75) is 44.6 Å². The minimum Gasteiger partial charge on any atom is -0.462 e. The van der Waals surface area contributed by atoms with Crippen LogP contribution in [0.1, 0.15) is 38.5 Å². The number of carbonyl (C=O) groups excluding carboxylic acids is 1. The van der Waals surface area contributed by atoms with Crippen LogP contribution in [0.5, 0.6) is 0 Å². The van der Waals surface area contributed by atoms with Gasteiger partial charge in [0.2, 0.25) is 0 Å². The second kappa shape index (κ2) is 7.12. The standard InChI is InChI=1S/C19H26ClN3O2/c20-17-13-15(3-7-21-17)23-11-9-22(10-12-23)8-4-16-14-19(18(24)25-16)5-1-2-6-19/h3,7,13,16H,1-2,4-6,8-12,14H2. The molecule has 1 spiro atoms. The van der Waals surface area contributed by atoms with Gasteiger partial charge in [0.25, 0.3) is 0 Å². The third kappa shape index (κ3) is 3.63. The van der Waals surface area contributed by atoms with Crippen molar-refractivity contribution in [3.05, 3.63) is 23.5 Å². The van der Waals surface area contributed by atoms with E-state index in [2.05, 4.69) is 14.8 Å². The van der Waals surface area contributed by atoms with Crippen LogP contribution in [0.15, 0.2) is 18.3 Å². The van der Waals surface area contributed by atoms with Gasteiger partial charge < -0.3 is 9.64 Å². The zero-order valence-corrected chi connectivity index (χ0v) is 15.4. The maximum atomic E-state index is 12.2. The van der Waals surface area contributed by atoms with E-state index < -0.39 is 0 Å². The molecule has 1 aromatic rings. The summed E-state index contributed by atoms with van der Waals surface area (Å²) in [6.45, 7) is 5.07. The highest BCUT2D eigenvalue weighted by Gasteiger charge is 2.50. The molecule has 1 aromatic heterocycles. The minimum absolute atomic E-state index is 0.0781. The number of rotatable bonds is 4. The molecule has 0 bridgehead atoms. The first-order chi connectivity index (χ1) is 12.1. The Balaban J connectivity index is 1.24. The fourth-order valence-electron chi connectivity index (χ4n) is 4.60. The number of hydrogen-bond acceptors (Lipinski definition) is 5. The highest BCUT2D eigenvalue weighted by atomic mass is 35.5. The first-order valence-corrected chi connectivity index (χ1v) is 9.82. The lowest BCUT2D eigenvalue weighted by atomic mass is 9.83. The van der Waals surface area contributed by atoms with Crippen LogP contribution in [0.4, 0.5) is 5.69 Å². The van der Waals surface area contributed by atoms with Gasteiger partial charge in [-0.2, -0.15) is 0 Å². The number of nitrogens with zero attached hydrogens (tertiary/aromatic N) is 3. The summed E-state index contributed by atoms with van der Waals surface area (Å²) < 4.78 is 5.70. The predicted molar refractivity (Wildman–Crippen MR) is 97.9 cm³/mol. The van der Waals surface area contributed by atoms with Gasteiger partial charge in [-0.15, -0.1) is 0 Å². The molecule has 25 heavy (non-hydrogen) atoms. The molecule has 2 saturated heterocycles. The Bertz CT molecular complexity index is 625. The average Bonchev–Trinajstić information content (AvgIpc) is 3.21. The minimum atomic E-state index is -0.121. The summed E-state index contributed by atoms with van der Waals surface area (Å²) in [5.41, 5.74) is 1.02. The van der Waals surface area contributed by atoms with E-state index in [1.807, 2.05) is 12.1 Å². The molecule has 3 aliphatic rings. The summed E-state index contributed by atoms with van der Waals surface area (Å²) in [5, 5.41) is 0.545. The van der Waals surface area contributed by atoms with Crippen molar-refractivity contribution in [3.63, 3.8) is 0 Å². The molecule has 4 rings (SSSR count). The number of carbonyl (C=O) groups is 1. The molecular formula is C19H26ClN3O2. The van der Waals surface area contributed by atoms with Crippen molar-refractivity contribution in [2.75, 3.05) is 37.6 Å². The van der Waals surface area contributed by atoms with Crippen molar-refractivity contribution < 1.29 is 9.53 Å². The number of cyclic esters (lactones) is 1. The number of anilines is 1. The smallest absolute Gasteiger partial charge is 0.312 e. The fourth-order valence-corrected chi connectivity index (χ4v) is 4.77. The van der Waals surface area contributed by atoms with Crippen molar-refractivity contribution in [1.29, 1.82) is 0 Å². The molecule has 2 aliphatic heterocycles. The first-order valence-electron chi connectivity index (χ1n) is 9.45. The molecule has 6 heteroatoms. The van der Waals surface area contributed by atoms with Crippen LogP contribution < -0.4 is 4.90 Å². The molecule has 1 unspecified atom stereocenters. The largest absolute Gasteiger partial charge is 0.462 e. The lowest BCUT2D eigenvalue weighted by Crippen LogP contribution is -2.47. The summed E-state index contributed by atoms with van der Waals surface area (Å²) >= 11 is 5.99. The zero-order chi connectivity index (χ0) is 17.3. The van der Waals surface area contributed by atoms with Crippen LogP contribution in [-0.4, -0.2) is 54.7 Å². The third-order valence-corrected chi connectivity index (χ3v) is 6.31. The maximum absolute atomic E-state index is 12.2. The van der Waals surface area contributed by atoms with E-state index in [1.165, 1.54) is 12.8 Å². The molecule has 3 heterocycles. The number of ether oxygens (including phenoxy) is 1. The zero-order valence-electron chi connectivity index (χ0n) is 14.6. The SMILES string of the molecule is O=C1OC(CCN2CCN(c3ccnc(Cl)c3)CC2)CC12CCCC2. The van der Waals surface area contributed by atoms with Crippen LogP contribution in [0.3, 0.4) is 0 Å². The number of halogens is 1. The topological polar surface area (TPSA) is 45.7 Å². The van der Waals surface area contributed by atoms with Gasteiger partial charge in [-0.05, 0) is 31.4 Å². The highest BCUT2D eigenvalue weighted by Crippen LogP contribution is 2.48. The molecule has 1 saturated carbocycles. The van der Waals surface area contributed by atoms with Crippen molar-refractivity contribution in [1.82, 2.24) is 9.88 Å². The number of piperazine rings is 1. The monoisotopic (exact) mass is 363 g/mol. The molecular weight excluding hydrogens is 338 g/mol. The lowest BCUT2D eigenvalue weighted by molar-refractivity contribution is -0.148. The number of esters is 1. The van der Waals surface area contributed by atoms with Crippen LogP contribution in [0.2, 0.25) is 5.15 Å². The number of hydrogen-bond donors (Lipinski definition) is 0. The van der Waals surface area contributed by atoms with Crippen LogP contribution >= 0.6 is 11.6 Å². The fraction of sp³-hybridized carbons (Fsp3) is 0.684. The van der Waals surface area contributed by atoms with E-state index >= 15 is 0 Å². The molecule has 1 atom stereocenters. The Morgan fingerprint density at radius 3 is 2.72 bits per heavy atom. The third-order valence-electron chi connectivity index (χ3n) is 6.10. The molecule has 3 fully saturated rings. The van der Waals surface area contributed by atoms with Crippen molar-refractivity contribution >= 4 is 23.3 Å². The second-order valence-electron chi connectivity index (χ2n) is 7.67. The van der Waals surface area contributed by atoms with Gasteiger partial charge in [-0.3, -0.25) is 9.69 Å². The molecule has 5 nitrogen and oxygen atoms in total. The van der Waals surface area contributed by atoms with Gasteiger partial charge in [0, 0.05) is 51.0 Å².